The van der Waals surface area contributed by atoms with E-state index in [9.17, 15) is 9.59 Å². The summed E-state index contributed by atoms with van der Waals surface area (Å²) in [7, 11) is 0. The number of aromatic amines is 1. The Kier molecular flexibility index (Phi) is 2.49. The van der Waals surface area contributed by atoms with Crippen LogP contribution in [0.2, 0.25) is 0 Å². The smallest absolute Gasteiger partial charge is 0.186 e. The number of rotatable bonds is 1. The van der Waals surface area contributed by atoms with Crippen molar-refractivity contribution in [2.45, 2.75) is 13.8 Å². The second-order valence-corrected chi connectivity index (χ2v) is 4.78. The Morgan fingerprint density at radius 1 is 1.05 bits per heavy atom. The molecular weight excluding hydrogens is 238 g/mol. The SMILES string of the molecule is Cc1[nH]c2c(C)cccc2c1C1=CC(=O)C=CC1=O. The minimum atomic E-state index is -0.143. The summed E-state index contributed by atoms with van der Waals surface area (Å²) in [6.45, 7) is 3.94. The van der Waals surface area contributed by atoms with Crippen LogP contribution in [0, 0.1) is 13.8 Å². The first-order chi connectivity index (χ1) is 9.08. The van der Waals surface area contributed by atoms with Gasteiger partial charge in [-0.3, -0.25) is 9.59 Å². The number of benzene rings is 1. The van der Waals surface area contributed by atoms with Gasteiger partial charge in [0.05, 0.1) is 0 Å². The van der Waals surface area contributed by atoms with Crippen LogP contribution in [-0.4, -0.2) is 16.6 Å². The Hall–Kier alpha value is -2.42. The van der Waals surface area contributed by atoms with Crippen molar-refractivity contribution in [2.75, 3.05) is 0 Å². The number of nitrogens with one attached hydrogen (secondary N) is 1. The number of carbonyl (C=O) groups excluding carboxylic acids is 2. The lowest BCUT2D eigenvalue weighted by atomic mass is 9.94. The zero-order valence-corrected chi connectivity index (χ0v) is 10.8. The van der Waals surface area contributed by atoms with Gasteiger partial charge in [-0.15, -0.1) is 0 Å². The molecule has 3 nitrogen and oxygen atoms in total. The van der Waals surface area contributed by atoms with Gasteiger partial charge in [-0.05, 0) is 37.6 Å². The average molecular weight is 251 g/mol. The van der Waals surface area contributed by atoms with Gasteiger partial charge in [-0.2, -0.15) is 0 Å². The highest BCUT2D eigenvalue weighted by Gasteiger charge is 2.21. The summed E-state index contributed by atoms with van der Waals surface area (Å²) >= 11 is 0. The van der Waals surface area contributed by atoms with Crippen LogP contribution in [0.15, 0.2) is 36.4 Å². The normalized spacial score (nSPS) is 15.2. The quantitative estimate of drug-likeness (QED) is 0.792. The van der Waals surface area contributed by atoms with Gasteiger partial charge in [0.1, 0.15) is 0 Å². The van der Waals surface area contributed by atoms with Crippen LogP contribution in [0.4, 0.5) is 0 Å². The van der Waals surface area contributed by atoms with Crippen molar-refractivity contribution in [1.82, 2.24) is 4.98 Å². The first-order valence-electron chi connectivity index (χ1n) is 6.14. The maximum Gasteiger partial charge on any atom is 0.186 e. The summed E-state index contributed by atoms with van der Waals surface area (Å²) in [4.78, 5) is 26.8. The van der Waals surface area contributed by atoms with Crippen LogP contribution in [0.25, 0.3) is 16.5 Å². The lowest BCUT2D eigenvalue weighted by Crippen LogP contribution is -2.07. The van der Waals surface area contributed by atoms with E-state index in [4.69, 9.17) is 0 Å². The van der Waals surface area contributed by atoms with E-state index in [1.54, 1.807) is 0 Å². The van der Waals surface area contributed by atoms with Crippen LogP contribution in [0.3, 0.4) is 0 Å². The van der Waals surface area contributed by atoms with Crippen LogP contribution < -0.4 is 0 Å². The second kappa shape index (κ2) is 4.05. The van der Waals surface area contributed by atoms with Crippen LogP contribution in [0.5, 0.6) is 0 Å². The van der Waals surface area contributed by atoms with Crippen LogP contribution in [0.1, 0.15) is 16.8 Å². The molecule has 2 aromatic rings. The van der Waals surface area contributed by atoms with Gasteiger partial charge in [0.15, 0.2) is 11.6 Å². The van der Waals surface area contributed by atoms with Gasteiger partial charge in [0, 0.05) is 27.7 Å². The molecule has 3 heteroatoms. The first-order valence-corrected chi connectivity index (χ1v) is 6.14. The summed E-state index contributed by atoms with van der Waals surface area (Å²) in [5, 5.41) is 0.986. The minimum absolute atomic E-state index is 0.120. The van der Waals surface area contributed by atoms with Crippen molar-refractivity contribution < 1.29 is 9.59 Å². The van der Waals surface area contributed by atoms with Gasteiger partial charge in [-0.1, -0.05) is 18.2 Å². The third-order valence-corrected chi connectivity index (χ3v) is 3.45. The van der Waals surface area contributed by atoms with Gasteiger partial charge in [0.2, 0.25) is 0 Å². The van der Waals surface area contributed by atoms with E-state index in [0.717, 1.165) is 27.7 Å². The summed E-state index contributed by atoms with van der Waals surface area (Å²) < 4.78 is 0. The van der Waals surface area contributed by atoms with E-state index in [2.05, 4.69) is 4.98 Å². The summed E-state index contributed by atoms with van der Waals surface area (Å²) in [6.07, 6.45) is 4.06. The molecule has 1 heterocycles. The molecule has 0 atom stereocenters. The van der Waals surface area contributed by atoms with E-state index >= 15 is 0 Å². The number of fused-ring (bicyclic) bond motifs is 1. The fourth-order valence-corrected chi connectivity index (χ4v) is 2.55. The van der Waals surface area contributed by atoms with E-state index < -0.39 is 0 Å². The molecule has 0 spiro atoms. The molecule has 1 aromatic carbocycles. The number of hydrogen-bond acceptors (Lipinski definition) is 2. The highest BCUT2D eigenvalue weighted by atomic mass is 16.1. The predicted molar refractivity (Wildman–Crippen MR) is 74.9 cm³/mol. The lowest BCUT2D eigenvalue weighted by Gasteiger charge is -2.07. The number of para-hydroxylation sites is 1. The van der Waals surface area contributed by atoms with E-state index in [1.807, 2.05) is 32.0 Å². The molecule has 0 saturated carbocycles. The largest absolute Gasteiger partial charge is 0.358 e. The zero-order chi connectivity index (χ0) is 13.6. The number of H-pyrrole nitrogens is 1. The van der Waals surface area contributed by atoms with Crippen molar-refractivity contribution in [3.63, 3.8) is 0 Å². The molecule has 3 rings (SSSR count). The molecule has 0 radical (unpaired) electrons. The Morgan fingerprint density at radius 3 is 2.63 bits per heavy atom. The van der Waals surface area contributed by atoms with Gasteiger partial charge in [-0.25, -0.2) is 0 Å². The lowest BCUT2D eigenvalue weighted by molar-refractivity contribution is -0.113. The number of allylic oxidation sites excluding steroid dienone is 4. The Bertz CT molecular complexity index is 775. The van der Waals surface area contributed by atoms with Crippen molar-refractivity contribution in [3.8, 4) is 0 Å². The first kappa shape index (κ1) is 11.7. The summed E-state index contributed by atoms with van der Waals surface area (Å²) in [5.41, 5.74) is 4.36. The topological polar surface area (TPSA) is 49.9 Å². The van der Waals surface area contributed by atoms with Crippen molar-refractivity contribution >= 4 is 28.0 Å². The molecule has 0 amide bonds. The van der Waals surface area contributed by atoms with Crippen molar-refractivity contribution in [3.05, 3.63) is 53.2 Å². The molecule has 94 valence electrons. The Balaban J connectivity index is 2.32. The fourth-order valence-electron chi connectivity index (χ4n) is 2.55. The molecule has 0 saturated heterocycles. The summed E-state index contributed by atoms with van der Waals surface area (Å²) in [6, 6.07) is 5.95. The molecule has 0 fully saturated rings. The van der Waals surface area contributed by atoms with Crippen molar-refractivity contribution in [1.29, 1.82) is 0 Å². The molecular formula is C16H13NO2. The molecule has 1 aliphatic carbocycles. The summed E-state index contributed by atoms with van der Waals surface area (Å²) in [5.74, 6) is -0.263. The second-order valence-electron chi connectivity index (χ2n) is 4.78. The number of ketones is 2. The fraction of sp³-hybridized carbons (Fsp3) is 0.125. The maximum absolute atomic E-state index is 12.0. The standard InChI is InChI=1S/C16H13NO2/c1-9-4-3-5-12-15(10(2)17-16(9)12)13-8-11(18)6-7-14(13)19/h3-8,17H,1-2H3. The van der Waals surface area contributed by atoms with Gasteiger partial charge in [0.25, 0.3) is 0 Å². The van der Waals surface area contributed by atoms with E-state index in [-0.39, 0.29) is 11.6 Å². The monoisotopic (exact) mass is 251 g/mol. The molecule has 1 N–H and O–H groups in total. The number of aromatic nitrogens is 1. The zero-order valence-electron chi connectivity index (χ0n) is 10.8. The number of aryl methyl sites for hydroxylation is 2. The highest BCUT2D eigenvalue weighted by molar-refractivity contribution is 6.35. The number of carbonyl (C=O) groups is 2. The van der Waals surface area contributed by atoms with E-state index in [1.165, 1.54) is 18.2 Å². The molecule has 0 bridgehead atoms. The van der Waals surface area contributed by atoms with Crippen LogP contribution in [-0.2, 0) is 9.59 Å². The third kappa shape index (κ3) is 1.74. The van der Waals surface area contributed by atoms with E-state index in [0.29, 0.717) is 5.57 Å². The molecule has 0 aliphatic heterocycles. The third-order valence-electron chi connectivity index (χ3n) is 3.45. The Morgan fingerprint density at radius 2 is 1.84 bits per heavy atom. The van der Waals surface area contributed by atoms with Gasteiger partial charge < -0.3 is 4.98 Å². The van der Waals surface area contributed by atoms with Crippen LogP contribution >= 0.6 is 0 Å². The highest BCUT2D eigenvalue weighted by Crippen LogP contribution is 2.31. The minimum Gasteiger partial charge on any atom is -0.358 e. The van der Waals surface area contributed by atoms with Gasteiger partial charge >= 0.3 is 0 Å². The average Bonchev–Trinajstić information content (AvgIpc) is 2.70. The predicted octanol–water partition coefficient (Wildman–Crippen LogP) is 2.88. The molecule has 1 aromatic heterocycles. The molecule has 19 heavy (non-hydrogen) atoms. The molecule has 0 unspecified atom stereocenters. The van der Waals surface area contributed by atoms with Crippen molar-refractivity contribution in [2.24, 2.45) is 0 Å². The number of hydrogen-bond donors (Lipinski definition) is 1. The maximum atomic E-state index is 12.0. The molecule has 1 aliphatic rings. The Labute approximate surface area is 110 Å².